The Bertz CT molecular complexity index is 1390. The molecule has 0 bridgehead atoms. The third-order valence-electron chi connectivity index (χ3n) is 6.08. The average molecular weight is 474 g/mol. The maximum Gasteiger partial charge on any atom is 0.279 e. The minimum absolute atomic E-state index is 0.174. The summed E-state index contributed by atoms with van der Waals surface area (Å²) in [6.07, 6.45) is 0. The molecular weight excluding hydrogens is 450 g/mol. The zero-order chi connectivity index (χ0) is 23.7. The molecule has 3 aromatic carbocycles. The summed E-state index contributed by atoms with van der Waals surface area (Å²) in [4.78, 5) is 31.0. The Morgan fingerprint density at radius 2 is 1.47 bits per heavy atom. The van der Waals surface area contributed by atoms with Gasteiger partial charge in [-0.15, -0.1) is 0 Å². The standard InChI is InChI=1S/C26H24ClN5O2/c1-30-14-16-31(17-15-30)20-12-8-19(9-13-20)28-25(33)24-22-4-2-3-5-23(22)26(34)32(29-24)21-10-6-18(27)7-11-21/h2-13H,14-17H2,1H3,(H,28,33). The smallest absolute Gasteiger partial charge is 0.279 e. The van der Waals surface area contributed by atoms with E-state index in [1.165, 1.54) is 4.68 Å². The highest BCUT2D eigenvalue weighted by Gasteiger charge is 2.18. The van der Waals surface area contributed by atoms with Gasteiger partial charge in [-0.3, -0.25) is 9.59 Å². The maximum atomic E-state index is 13.3. The molecule has 2 heterocycles. The molecule has 1 N–H and O–H groups in total. The largest absolute Gasteiger partial charge is 0.369 e. The van der Waals surface area contributed by atoms with Crippen LogP contribution < -0.4 is 15.8 Å². The lowest BCUT2D eigenvalue weighted by Gasteiger charge is -2.34. The molecule has 0 atom stereocenters. The first-order valence-electron chi connectivity index (χ1n) is 11.1. The minimum atomic E-state index is -0.383. The summed E-state index contributed by atoms with van der Waals surface area (Å²) in [6, 6.07) is 21.6. The second-order valence-corrected chi connectivity index (χ2v) is 8.82. The zero-order valence-corrected chi connectivity index (χ0v) is 19.5. The number of carbonyl (C=O) groups is 1. The molecule has 0 saturated carbocycles. The van der Waals surface area contributed by atoms with Gasteiger partial charge in [0.2, 0.25) is 0 Å². The van der Waals surface area contributed by atoms with Gasteiger partial charge in [-0.05, 0) is 61.6 Å². The van der Waals surface area contributed by atoms with Crippen LogP contribution in [0.4, 0.5) is 11.4 Å². The number of halogens is 1. The fourth-order valence-corrected chi connectivity index (χ4v) is 4.25. The van der Waals surface area contributed by atoms with Crippen molar-refractivity contribution in [2.75, 3.05) is 43.4 Å². The molecular formula is C26H24ClN5O2. The molecule has 172 valence electrons. The molecule has 1 saturated heterocycles. The molecule has 8 heteroatoms. The van der Waals surface area contributed by atoms with E-state index in [2.05, 4.69) is 27.3 Å². The maximum absolute atomic E-state index is 13.3. The quantitative estimate of drug-likeness (QED) is 0.484. The Kier molecular flexibility index (Phi) is 6.04. The van der Waals surface area contributed by atoms with Crippen LogP contribution in [0.3, 0.4) is 0 Å². The number of amides is 1. The van der Waals surface area contributed by atoms with Crippen molar-refractivity contribution in [3.8, 4) is 5.69 Å². The summed E-state index contributed by atoms with van der Waals surface area (Å²) in [5.41, 5.74) is 2.20. The van der Waals surface area contributed by atoms with Crippen LogP contribution in [0.5, 0.6) is 0 Å². The number of nitrogens with zero attached hydrogens (tertiary/aromatic N) is 4. The van der Waals surface area contributed by atoms with Crippen molar-refractivity contribution in [1.82, 2.24) is 14.7 Å². The monoisotopic (exact) mass is 473 g/mol. The molecule has 1 aliphatic heterocycles. The predicted molar refractivity (Wildman–Crippen MR) is 136 cm³/mol. The van der Waals surface area contributed by atoms with Crippen LogP contribution in [-0.2, 0) is 0 Å². The second-order valence-electron chi connectivity index (χ2n) is 8.38. The van der Waals surface area contributed by atoms with Crippen molar-refractivity contribution < 1.29 is 4.79 Å². The number of piperazine rings is 1. The van der Waals surface area contributed by atoms with E-state index in [-0.39, 0.29) is 17.2 Å². The molecule has 5 rings (SSSR count). The molecule has 1 aromatic heterocycles. The van der Waals surface area contributed by atoms with E-state index in [4.69, 9.17) is 11.6 Å². The lowest BCUT2D eigenvalue weighted by atomic mass is 10.1. The van der Waals surface area contributed by atoms with Crippen LogP contribution in [0.1, 0.15) is 10.5 Å². The van der Waals surface area contributed by atoms with Crippen molar-refractivity contribution in [1.29, 1.82) is 0 Å². The van der Waals surface area contributed by atoms with E-state index >= 15 is 0 Å². The van der Waals surface area contributed by atoms with Crippen molar-refractivity contribution >= 4 is 39.7 Å². The lowest BCUT2D eigenvalue weighted by molar-refractivity contribution is 0.102. The number of nitrogens with one attached hydrogen (secondary N) is 1. The fourth-order valence-electron chi connectivity index (χ4n) is 4.13. The number of hydrogen-bond donors (Lipinski definition) is 1. The zero-order valence-electron chi connectivity index (χ0n) is 18.7. The summed E-state index contributed by atoms with van der Waals surface area (Å²) in [5, 5.41) is 8.84. The lowest BCUT2D eigenvalue weighted by Crippen LogP contribution is -2.44. The first kappa shape index (κ1) is 22.1. The van der Waals surface area contributed by atoms with Crippen LogP contribution in [0, 0.1) is 0 Å². The Hall–Kier alpha value is -3.68. The first-order valence-corrected chi connectivity index (χ1v) is 11.5. The van der Waals surface area contributed by atoms with Gasteiger partial charge in [0.25, 0.3) is 11.5 Å². The number of fused-ring (bicyclic) bond motifs is 1. The molecule has 0 unspecified atom stereocenters. The van der Waals surface area contributed by atoms with E-state index in [1.54, 1.807) is 48.5 Å². The highest BCUT2D eigenvalue weighted by molar-refractivity contribution is 6.30. The molecule has 0 aliphatic carbocycles. The second kappa shape index (κ2) is 9.29. The third-order valence-corrected chi connectivity index (χ3v) is 6.34. The Morgan fingerprint density at radius 3 is 2.15 bits per heavy atom. The molecule has 0 radical (unpaired) electrons. The summed E-state index contributed by atoms with van der Waals surface area (Å²) >= 11 is 6.00. The van der Waals surface area contributed by atoms with Crippen LogP contribution in [0.25, 0.3) is 16.5 Å². The van der Waals surface area contributed by atoms with Crippen molar-refractivity contribution in [3.63, 3.8) is 0 Å². The number of benzene rings is 3. The Labute approximate surface area is 202 Å². The summed E-state index contributed by atoms with van der Waals surface area (Å²) in [6.45, 7) is 4.01. The molecule has 1 amide bonds. The molecule has 4 aromatic rings. The molecule has 0 spiro atoms. The summed E-state index contributed by atoms with van der Waals surface area (Å²) in [7, 11) is 2.13. The fraction of sp³-hybridized carbons (Fsp3) is 0.192. The van der Waals surface area contributed by atoms with Gasteiger partial charge in [0.1, 0.15) is 0 Å². The van der Waals surface area contributed by atoms with Crippen LogP contribution in [0.2, 0.25) is 5.02 Å². The number of carbonyl (C=O) groups excluding carboxylic acids is 1. The van der Waals surface area contributed by atoms with Crippen LogP contribution >= 0.6 is 11.6 Å². The van der Waals surface area contributed by atoms with Crippen molar-refractivity contribution in [3.05, 3.63) is 93.9 Å². The van der Waals surface area contributed by atoms with E-state index in [1.807, 2.05) is 24.3 Å². The van der Waals surface area contributed by atoms with Gasteiger partial charge < -0.3 is 15.1 Å². The summed E-state index contributed by atoms with van der Waals surface area (Å²) in [5.74, 6) is -0.383. The third kappa shape index (κ3) is 4.40. The Morgan fingerprint density at radius 1 is 0.853 bits per heavy atom. The van der Waals surface area contributed by atoms with Gasteiger partial charge >= 0.3 is 0 Å². The van der Waals surface area contributed by atoms with E-state index in [9.17, 15) is 9.59 Å². The van der Waals surface area contributed by atoms with Crippen LogP contribution in [0.15, 0.2) is 77.6 Å². The molecule has 34 heavy (non-hydrogen) atoms. The SMILES string of the molecule is CN1CCN(c2ccc(NC(=O)c3nn(-c4ccc(Cl)cc4)c(=O)c4ccccc34)cc2)CC1. The van der Waals surface area contributed by atoms with Gasteiger partial charge in [0.05, 0.1) is 11.1 Å². The number of rotatable bonds is 4. The van der Waals surface area contributed by atoms with Gasteiger partial charge in [0, 0.05) is 48.0 Å². The highest BCUT2D eigenvalue weighted by atomic mass is 35.5. The topological polar surface area (TPSA) is 70.5 Å². The molecule has 1 aliphatic rings. The van der Waals surface area contributed by atoms with Crippen molar-refractivity contribution in [2.45, 2.75) is 0 Å². The number of likely N-dealkylation sites (N-methyl/N-ethyl adjacent to an activating group) is 1. The van der Waals surface area contributed by atoms with Gasteiger partial charge in [-0.25, -0.2) is 0 Å². The summed E-state index contributed by atoms with van der Waals surface area (Å²) < 4.78 is 1.24. The predicted octanol–water partition coefficient (Wildman–Crippen LogP) is 4.04. The van der Waals surface area contributed by atoms with E-state index in [0.29, 0.717) is 27.2 Å². The van der Waals surface area contributed by atoms with Gasteiger partial charge in [-0.1, -0.05) is 29.8 Å². The van der Waals surface area contributed by atoms with E-state index in [0.717, 1.165) is 31.9 Å². The van der Waals surface area contributed by atoms with Crippen LogP contribution in [-0.4, -0.2) is 53.8 Å². The highest BCUT2D eigenvalue weighted by Crippen LogP contribution is 2.21. The average Bonchev–Trinajstić information content (AvgIpc) is 2.86. The molecule has 7 nitrogen and oxygen atoms in total. The minimum Gasteiger partial charge on any atom is -0.369 e. The normalized spacial score (nSPS) is 14.4. The Balaban J connectivity index is 1.45. The number of hydrogen-bond acceptors (Lipinski definition) is 5. The van der Waals surface area contributed by atoms with Gasteiger partial charge in [-0.2, -0.15) is 9.78 Å². The van der Waals surface area contributed by atoms with Gasteiger partial charge in [0.15, 0.2) is 5.69 Å². The number of aromatic nitrogens is 2. The first-order chi connectivity index (χ1) is 16.5. The van der Waals surface area contributed by atoms with E-state index < -0.39 is 0 Å². The van der Waals surface area contributed by atoms with Crippen molar-refractivity contribution in [2.24, 2.45) is 0 Å². The number of anilines is 2. The molecule has 1 fully saturated rings.